The lowest BCUT2D eigenvalue weighted by atomic mass is 10.2. The molecule has 0 aliphatic carbocycles. The average Bonchev–Trinajstić information content (AvgIpc) is 3.29. The Morgan fingerprint density at radius 2 is 1.70 bits per heavy atom. The molecular formula is C22H21ClN2O7S. The number of piperazine rings is 1. The fourth-order valence-electron chi connectivity index (χ4n) is 3.39. The van der Waals surface area contributed by atoms with Gasteiger partial charge in [0.05, 0.1) is 4.90 Å². The standard InChI is InChI=1S/C22H21ClN2O7S/c23-17-3-5-18(6-4-17)33(28,29)25-11-9-24(10-12-25)21(26)14-30-22(27)8-2-16-1-7-19-20(13-16)32-15-31-19/h1-8,13H,9-12,14-15H2. The first kappa shape index (κ1) is 23.1. The van der Waals surface area contributed by atoms with Crippen molar-refractivity contribution in [3.63, 3.8) is 0 Å². The highest BCUT2D eigenvalue weighted by Crippen LogP contribution is 2.32. The van der Waals surface area contributed by atoms with Gasteiger partial charge in [0, 0.05) is 37.3 Å². The summed E-state index contributed by atoms with van der Waals surface area (Å²) in [7, 11) is -3.67. The smallest absolute Gasteiger partial charge is 0.331 e. The molecule has 1 saturated heterocycles. The number of amides is 1. The number of halogens is 1. The molecule has 0 saturated carbocycles. The van der Waals surface area contributed by atoms with E-state index in [4.69, 9.17) is 25.8 Å². The maximum atomic E-state index is 12.7. The lowest BCUT2D eigenvalue weighted by Crippen LogP contribution is -2.51. The zero-order valence-corrected chi connectivity index (χ0v) is 19.0. The van der Waals surface area contributed by atoms with Crippen molar-refractivity contribution >= 4 is 39.6 Å². The summed E-state index contributed by atoms with van der Waals surface area (Å²) in [5, 5.41) is 0.449. The van der Waals surface area contributed by atoms with Crippen molar-refractivity contribution in [3.05, 3.63) is 59.1 Å². The summed E-state index contributed by atoms with van der Waals surface area (Å²) in [4.78, 5) is 26.0. The van der Waals surface area contributed by atoms with Crippen LogP contribution in [0.25, 0.3) is 6.08 Å². The Kier molecular flexibility index (Phi) is 6.87. The number of hydrogen-bond donors (Lipinski definition) is 0. The van der Waals surface area contributed by atoms with Crippen molar-refractivity contribution < 1.29 is 32.2 Å². The van der Waals surface area contributed by atoms with Gasteiger partial charge in [0.25, 0.3) is 5.91 Å². The highest BCUT2D eigenvalue weighted by molar-refractivity contribution is 7.89. The number of carbonyl (C=O) groups excluding carboxylic acids is 2. The number of ether oxygens (including phenoxy) is 3. The molecule has 0 spiro atoms. The van der Waals surface area contributed by atoms with E-state index in [0.29, 0.717) is 16.5 Å². The molecule has 11 heteroatoms. The van der Waals surface area contributed by atoms with E-state index >= 15 is 0 Å². The maximum absolute atomic E-state index is 12.7. The monoisotopic (exact) mass is 492 g/mol. The van der Waals surface area contributed by atoms with Gasteiger partial charge in [0.2, 0.25) is 16.8 Å². The minimum Gasteiger partial charge on any atom is -0.454 e. The number of esters is 1. The van der Waals surface area contributed by atoms with Crippen LogP contribution in [0, 0.1) is 0 Å². The van der Waals surface area contributed by atoms with E-state index in [9.17, 15) is 18.0 Å². The molecule has 2 heterocycles. The summed E-state index contributed by atoms with van der Waals surface area (Å²) in [5.41, 5.74) is 0.723. The molecule has 174 valence electrons. The van der Waals surface area contributed by atoms with E-state index < -0.39 is 22.6 Å². The van der Waals surface area contributed by atoms with Crippen LogP contribution in [-0.2, 0) is 24.3 Å². The molecule has 0 radical (unpaired) electrons. The zero-order valence-electron chi connectivity index (χ0n) is 17.5. The highest BCUT2D eigenvalue weighted by atomic mass is 35.5. The van der Waals surface area contributed by atoms with Crippen LogP contribution in [-0.4, -0.2) is 69.1 Å². The quantitative estimate of drug-likeness (QED) is 0.449. The summed E-state index contributed by atoms with van der Waals surface area (Å²) < 4.78 is 42.3. The first-order valence-electron chi connectivity index (χ1n) is 10.1. The topological polar surface area (TPSA) is 102 Å². The number of carbonyl (C=O) groups is 2. The molecule has 2 aromatic carbocycles. The highest BCUT2D eigenvalue weighted by Gasteiger charge is 2.30. The normalized spacial score (nSPS) is 16.2. The fraction of sp³-hybridized carbons (Fsp3) is 0.273. The van der Waals surface area contributed by atoms with Crippen LogP contribution >= 0.6 is 11.6 Å². The van der Waals surface area contributed by atoms with Crippen molar-refractivity contribution in [1.29, 1.82) is 0 Å². The van der Waals surface area contributed by atoms with Crippen LogP contribution in [0.1, 0.15) is 5.56 Å². The summed E-state index contributed by atoms with van der Waals surface area (Å²) in [6.45, 7) is 0.442. The Bertz CT molecular complexity index is 1170. The lowest BCUT2D eigenvalue weighted by Gasteiger charge is -2.33. The molecule has 0 N–H and O–H groups in total. The van der Waals surface area contributed by atoms with E-state index in [1.54, 1.807) is 24.3 Å². The average molecular weight is 493 g/mol. The molecule has 4 rings (SSSR count). The van der Waals surface area contributed by atoms with Gasteiger partial charge in [0.1, 0.15) is 0 Å². The second-order valence-electron chi connectivity index (χ2n) is 7.29. The van der Waals surface area contributed by atoms with Crippen LogP contribution < -0.4 is 9.47 Å². The third kappa shape index (κ3) is 5.47. The van der Waals surface area contributed by atoms with Gasteiger partial charge in [-0.3, -0.25) is 4.79 Å². The van der Waals surface area contributed by atoms with E-state index in [2.05, 4.69) is 0 Å². The number of sulfonamides is 1. The number of nitrogens with zero attached hydrogens (tertiary/aromatic N) is 2. The number of hydrogen-bond acceptors (Lipinski definition) is 7. The zero-order chi connectivity index (χ0) is 23.4. The molecule has 2 aliphatic rings. The van der Waals surface area contributed by atoms with Crippen LogP contribution in [0.15, 0.2) is 53.4 Å². The molecule has 0 bridgehead atoms. The Morgan fingerprint density at radius 1 is 1.00 bits per heavy atom. The number of fused-ring (bicyclic) bond motifs is 1. The lowest BCUT2D eigenvalue weighted by molar-refractivity contribution is -0.148. The van der Waals surface area contributed by atoms with Crippen molar-refractivity contribution in [2.75, 3.05) is 39.6 Å². The van der Waals surface area contributed by atoms with Crippen LogP contribution in [0.5, 0.6) is 11.5 Å². The molecule has 0 unspecified atom stereocenters. The van der Waals surface area contributed by atoms with Gasteiger partial charge in [-0.25, -0.2) is 13.2 Å². The Labute approximate surface area is 196 Å². The van der Waals surface area contributed by atoms with Crippen LogP contribution in [0.2, 0.25) is 5.02 Å². The van der Waals surface area contributed by atoms with Crippen molar-refractivity contribution in [1.82, 2.24) is 9.21 Å². The summed E-state index contributed by atoms with van der Waals surface area (Å²) >= 11 is 5.82. The second kappa shape index (κ2) is 9.82. The van der Waals surface area contributed by atoms with Gasteiger partial charge in [-0.15, -0.1) is 0 Å². The summed E-state index contributed by atoms with van der Waals surface area (Å²) in [6.07, 6.45) is 2.77. The van der Waals surface area contributed by atoms with E-state index in [-0.39, 0.29) is 43.8 Å². The molecule has 2 aliphatic heterocycles. The first-order chi connectivity index (χ1) is 15.8. The fourth-order valence-corrected chi connectivity index (χ4v) is 4.93. The molecule has 1 fully saturated rings. The molecule has 0 atom stereocenters. The Morgan fingerprint density at radius 3 is 2.42 bits per heavy atom. The van der Waals surface area contributed by atoms with E-state index in [0.717, 1.165) is 5.56 Å². The maximum Gasteiger partial charge on any atom is 0.331 e. The van der Waals surface area contributed by atoms with E-state index in [1.165, 1.54) is 39.5 Å². The number of benzene rings is 2. The molecule has 33 heavy (non-hydrogen) atoms. The second-order valence-corrected chi connectivity index (χ2v) is 9.67. The van der Waals surface area contributed by atoms with Gasteiger partial charge >= 0.3 is 5.97 Å². The van der Waals surface area contributed by atoms with Crippen LogP contribution in [0.4, 0.5) is 0 Å². The Balaban J connectivity index is 1.24. The van der Waals surface area contributed by atoms with Gasteiger partial charge in [-0.1, -0.05) is 17.7 Å². The van der Waals surface area contributed by atoms with Gasteiger partial charge in [-0.05, 0) is 48.0 Å². The Hall–Kier alpha value is -3.08. The summed E-state index contributed by atoms with van der Waals surface area (Å²) in [5.74, 6) is 0.188. The molecule has 9 nitrogen and oxygen atoms in total. The minimum absolute atomic E-state index is 0.147. The van der Waals surface area contributed by atoms with Crippen molar-refractivity contribution in [2.24, 2.45) is 0 Å². The third-order valence-corrected chi connectivity index (χ3v) is 7.35. The molecular weight excluding hydrogens is 472 g/mol. The van der Waals surface area contributed by atoms with Gasteiger partial charge in [-0.2, -0.15) is 4.31 Å². The first-order valence-corrected chi connectivity index (χ1v) is 11.9. The predicted octanol–water partition coefficient (Wildman–Crippen LogP) is 2.16. The largest absolute Gasteiger partial charge is 0.454 e. The number of rotatable bonds is 6. The van der Waals surface area contributed by atoms with Gasteiger partial charge in [0.15, 0.2) is 18.1 Å². The van der Waals surface area contributed by atoms with Crippen molar-refractivity contribution in [2.45, 2.75) is 4.90 Å². The molecule has 1 amide bonds. The van der Waals surface area contributed by atoms with E-state index in [1.807, 2.05) is 0 Å². The molecule has 0 aromatic heterocycles. The van der Waals surface area contributed by atoms with Gasteiger partial charge < -0.3 is 19.1 Å². The minimum atomic E-state index is -3.67. The summed E-state index contributed by atoms with van der Waals surface area (Å²) in [6, 6.07) is 11.2. The predicted molar refractivity (Wildman–Crippen MR) is 119 cm³/mol. The third-order valence-electron chi connectivity index (χ3n) is 5.19. The van der Waals surface area contributed by atoms with Crippen molar-refractivity contribution in [3.8, 4) is 11.5 Å². The van der Waals surface area contributed by atoms with Crippen LogP contribution in [0.3, 0.4) is 0 Å². The molecule has 2 aromatic rings. The SMILES string of the molecule is O=C(C=Cc1ccc2c(c1)OCO2)OCC(=O)N1CCN(S(=O)(=O)c2ccc(Cl)cc2)CC1.